The number of aromatic nitrogens is 3. The zero-order valence-corrected chi connectivity index (χ0v) is 10.5. The maximum absolute atomic E-state index is 12.0. The molecule has 7 heteroatoms. The number of aryl methyl sites for hydroxylation is 2. The largest absolute Gasteiger partial charge is 0.375 e. The number of thiazole rings is 1. The van der Waals surface area contributed by atoms with Crippen LogP contribution in [0.3, 0.4) is 0 Å². The molecule has 0 amide bonds. The molecule has 0 fully saturated rings. The average molecular weight is 252 g/mol. The highest BCUT2D eigenvalue weighted by Gasteiger charge is 2.14. The molecular formula is C10H12N4O2S. The summed E-state index contributed by atoms with van der Waals surface area (Å²) in [7, 11) is 3.04. The molecule has 0 spiro atoms. The first-order valence-electron chi connectivity index (χ1n) is 4.91. The highest BCUT2D eigenvalue weighted by molar-refractivity contribution is 7.15. The quantitative estimate of drug-likeness (QED) is 0.780. The minimum Gasteiger partial charge on any atom is -0.375 e. The van der Waals surface area contributed by atoms with Gasteiger partial charge < -0.3 is 10.3 Å². The van der Waals surface area contributed by atoms with E-state index in [0.29, 0.717) is 16.4 Å². The van der Waals surface area contributed by atoms with E-state index in [0.717, 1.165) is 9.44 Å². The van der Waals surface area contributed by atoms with Crippen molar-refractivity contribution in [2.45, 2.75) is 6.92 Å². The second kappa shape index (κ2) is 3.85. The van der Waals surface area contributed by atoms with Crippen LogP contribution in [0.1, 0.15) is 4.88 Å². The highest BCUT2D eigenvalue weighted by Crippen LogP contribution is 2.25. The van der Waals surface area contributed by atoms with E-state index in [4.69, 9.17) is 5.73 Å². The molecule has 17 heavy (non-hydrogen) atoms. The van der Waals surface area contributed by atoms with Crippen molar-refractivity contribution in [1.82, 2.24) is 14.1 Å². The van der Waals surface area contributed by atoms with Gasteiger partial charge in [-0.25, -0.2) is 9.78 Å². The van der Waals surface area contributed by atoms with Gasteiger partial charge in [0.1, 0.15) is 0 Å². The van der Waals surface area contributed by atoms with Gasteiger partial charge in [-0.15, -0.1) is 11.3 Å². The first kappa shape index (κ1) is 11.6. The Balaban J connectivity index is 2.82. The maximum atomic E-state index is 12.0. The summed E-state index contributed by atoms with van der Waals surface area (Å²) >= 11 is 1.32. The van der Waals surface area contributed by atoms with Crippen molar-refractivity contribution in [2.24, 2.45) is 14.1 Å². The number of nitrogens with zero attached hydrogens (tertiary/aromatic N) is 3. The Bertz CT molecular complexity index is 695. The second-order valence-corrected chi connectivity index (χ2v) is 4.99. The van der Waals surface area contributed by atoms with Gasteiger partial charge in [0.15, 0.2) is 5.13 Å². The number of hydrogen-bond donors (Lipinski definition) is 1. The second-order valence-electron chi connectivity index (χ2n) is 3.76. The number of hydrogen-bond acceptors (Lipinski definition) is 5. The third kappa shape index (κ3) is 1.78. The van der Waals surface area contributed by atoms with Crippen LogP contribution in [0.25, 0.3) is 11.3 Å². The van der Waals surface area contributed by atoms with Gasteiger partial charge in [-0.2, -0.15) is 0 Å². The van der Waals surface area contributed by atoms with Crippen molar-refractivity contribution in [1.29, 1.82) is 0 Å². The Hall–Kier alpha value is -1.89. The molecule has 0 atom stereocenters. The van der Waals surface area contributed by atoms with Crippen LogP contribution in [0.2, 0.25) is 0 Å². The normalized spacial score (nSPS) is 10.8. The van der Waals surface area contributed by atoms with Gasteiger partial charge in [-0.3, -0.25) is 9.36 Å². The van der Waals surface area contributed by atoms with Gasteiger partial charge in [0.25, 0.3) is 5.56 Å². The fourth-order valence-electron chi connectivity index (χ4n) is 1.64. The minimum atomic E-state index is -0.361. The van der Waals surface area contributed by atoms with Crippen LogP contribution in [0, 0.1) is 6.92 Å². The van der Waals surface area contributed by atoms with Crippen molar-refractivity contribution in [2.75, 3.05) is 5.73 Å². The predicted molar refractivity (Wildman–Crippen MR) is 67.2 cm³/mol. The summed E-state index contributed by atoms with van der Waals surface area (Å²) in [6.45, 7) is 1.84. The van der Waals surface area contributed by atoms with Crippen molar-refractivity contribution < 1.29 is 0 Å². The predicted octanol–water partition coefficient (Wildman–Crippen LogP) is 0.0981. The van der Waals surface area contributed by atoms with Gasteiger partial charge in [0, 0.05) is 25.2 Å². The number of nitrogens with two attached hydrogens (primary N) is 1. The molecule has 0 bridgehead atoms. The standard InChI is InChI=1S/C10H12N4O2S/c1-5-7(12-9(11)17-5)6-4-13(2)10(16)14(3)8(6)15/h4H,1-3H3,(H2,11,12). The summed E-state index contributed by atoms with van der Waals surface area (Å²) in [5.74, 6) is 0. The summed E-state index contributed by atoms with van der Waals surface area (Å²) in [6, 6.07) is 0. The van der Waals surface area contributed by atoms with E-state index in [1.54, 1.807) is 7.05 Å². The molecule has 2 heterocycles. The van der Waals surface area contributed by atoms with Gasteiger partial charge >= 0.3 is 5.69 Å². The van der Waals surface area contributed by atoms with Crippen LogP contribution in [-0.4, -0.2) is 14.1 Å². The lowest BCUT2D eigenvalue weighted by Gasteiger charge is -2.05. The Labute approximate surface area is 101 Å². The van der Waals surface area contributed by atoms with Gasteiger partial charge in [-0.05, 0) is 6.92 Å². The molecule has 0 aliphatic rings. The highest BCUT2D eigenvalue weighted by atomic mass is 32.1. The molecular weight excluding hydrogens is 240 g/mol. The van der Waals surface area contributed by atoms with Gasteiger partial charge in [0.05, 0.1) is 11.3 Å². The third-order valence-electron chi connectivity index (χ3n) is 2.51. The Morgan fingerprint density at radius 3 is 2.53 bits per heavy atom. The molecule has 6 nitrogen and oxygen atoms in total. The molecule has 2 N–H and O–H groups in total. The minimum absolute atomic E-state index is 0.360. The first-order chi connectivity index (χ1) is 7.91. The lowest BCUT2D eigenvalue weighted by atomic mass is 10.2. The molecule has 0 unspecified atom stereocenters. The van der Waals surface area contributed by atoms with E-state index < -0.39 is 0 Å². The summed E-state index contributed by atoms with van der Waals surface area (Å²) in [4.78, 5) is 28.5. The van der Waals surface area contributed by atoms with Crippen molar-refractivity contribution in [3.63, 3.8) is 0 Å². The Morgan fingerprint density at radius 1 is 1.35 bits per heavy atom. The summed E-state index contributed by atoms with van der Waals surface area (Å²) in [5.41, 5.74) is 5.82. The molecule has 90 valence electrons. The van der Waals surface area contributed by atoms with Gasteiger partial charge in [0.2, 0.25) is 0 Å². The average Bonchev–Trinajstić information content (AvgIpc) is 2.60. The molecule has 0 aliphatic carbocycles. The summed E-state index contributed by atoms with van der Waals surface area (Å²) in [6.07, 6.45) is 1.49. The molecule has 2 aromatic rings. The molecule has 0 aliphatic heterocycles. The van der Waals surface area contributed by atoms with Crippen LogP contribution in [-0.2, 0) is 14.1 Å². The van der Waals surface area contributed by atoms with Gasteiger partial charge in [-0.1, -0.05) is 0 Å². The first-order valence-corrected chi connectivity index (χ1v) is 5.73. The van der Waals surface area contributed by atoms with Crippen LogP contribution in [0.5, 0.6) is 0 Å². The Morgan fingerprint density at radius 2 is 2.00 bits per heavy atom. The molecule has 0 aromatic carbocycles. The zero-order valence-electron chi connectivity index (χ0n) is 9.72. The Kier molecular flexibility index (Phi) is 2.62. The SMILES string of the molecule is Cc1sc(N)nc1-c1cn(C)c(=O)n(C)c1=O. The van der Waals surface area contributed by atoms with Crippen LogP contribution >= 0.6 is 11.3 Å². The van der Waals surface area contributed by atoms with Crippen LogP contribution < -0.4 is 17.0 Å². The summed E-state index contributed by atoms with van der Waals surface area (Å²) in [5, 5.41) is 0.411. The lowest BCUT2D eigenvalue weighted by molar-refractivity contribution is 0.688. The molecule has 2 rings (SSSR count). The zero-order chi connectivity index (χ0) is 12.7. The number of nitrogen functional groups attached to an aromatic ring is 1. The van der Waals surface area contributed by atoms with Crippen molar-refractivity contribution >= 4 is 16.5 Å². The van der Waals surface area contributed by atoms with E-state index in [-0.39, 0.29) is 11.2 Å². The molecule has 0 radical (unpaired) electrons. The molecule has 2 aromatic heterocycles. The maximum Gasteiger partial charge on any atom is 0.330 e. The van der Waals surface area contributed by atoms with E-state index in [9.17, 15) is 9.59 Å². The van der Waals surface area contributed by atoms with Crippen LogP contribution in [0.15, 0.2) is 15.8 Å². The van der Waals surface area contributed by atoms with E-state index >= 15 is 0 Å². The number of anilines is 1. The van der Waals surface area contributed by atoms with Crippen molar-refractivity contribution in [3.05, 3.63) is 31.9 Å². The topological polar surface area (TPSA) is 82.9 Å². The van der Waals surface area contributed by atoms with E-state index in [2.05, 4.69) is 4.98 Å². The third-order valence-corrected chi connectivity index (χ3v) is 3.31. The van der Waals surface area contributed by atoms with E-state index in [1.807, 2.05) is 6.92 Å². The fraction of sp³-hybridized carbons (Fsp3) is 0.300. The van der Waals surface area contributed by atoms with E-state index in [1.165, 1.54) is 29.1 Å². The van der Waals surface area contributed by atoms with Crippen LogP contribution in [0.4, 0.5) is 5.13 Å². The summed E-state index contributed by atoms with van der Waals surface area (Å²) < 4.78 is 2.41. The smallest absolute Gasteiger partial charge is 0.330 e. The number of rotatable bonds is 1. The van der Waals surface area contributed by atoms with Crippen molar-refractivity contribution in [3.8, 4) is 11.3 Å². The molecule has 0 saturated heterocycles. The lowest BCUT2D eigenvalue weighted by Crippen LogP contribution is -2.37. The fourth-order valence-corrected chi connectivity index (χ4v) is 2.34. The monoisotopic (exact) mass is 252 g/mol. The molecule has 0 saturated carbocycles.